The number of hydrogen-bond donors (Lipinski definition) is 1. The lowest BCUT2D eigenvalue weighted by Crippen LogP contribution is -2.44. The molecule has 1 aliphatic rings. The Morgan fingerprint density at radius 2 is 2.14 bits per heavy atom. The zero-order chi connectivity index (χ0) is 14.8. The van der Waals surface area contributed by atoms with Crippen molar-refractivity contribution in [3.63, 3.8) is 0 Å². The summed E-state index contributed by atoms with van der Waals surface area (Å²) in [5, 5.41) is 0. The van der Waals surface area contributed by atoms with Crippen molar-refractivity contribution < 1.29 is 4.74 Å². The summed E-state index contributed by atoms with van der Waals surface area (Å²) in [5.41, 5.74) is 9.39. The van der Waals surface area contributed by atoms with Crippen molar-refractivity contribution >= 4 is 17.0 Å². The number of imidazole rings is 1. The van der Waals surface area contributed by atoms with Gasteiger partial charge in [-0.3, -0.25) is 0 Å². The van der Waals surface area contributed by atoms with Crippen molar-refractivity contribution in [3.8, 4) is 0 Å². The van der Waals surface area contributed by atoms with Crippen LogP contribution >= 0.6 is 0 Å². The number of morpholine rings is 1. The maximum atomic E-state index is 6.05. The molecule has 0 aliphatic carbocycles. The van der Waals surface area contributed by atoms with Gasteiger partial charge in [-0.1, -0.05) is 6.07 Å². The van der Waals surface area contributed by atoms with Gasteiger partial charge in [0.15, 0.2) is 5.96 Å². The van der Waals surface area contributed by atoms with Crippen molar-refractivity contribution in [1.82, 2.24) is 14.5 Å². The number of nitrogens with two attached hydrogens (primary N) is 1. The second-order valence-electron chi connectivity index (χ2n) is 5.35. The molecule has 1 saturated heterocycles. The molecule has 1 aromatic carbocycles. The lowest BCUT2D eigenvalue weighted by molar-refractivity contribution is 0.0674. The maximum absolute atomic E-state index is 6.05. The predicted molar refractivity (Wildman–Crippen MR) is 83.2 cm³/mol. The molecular weight excluding hydrogens is 266 g/mol. The van der Waals surface area contributed by atoms with Crippen molar-refractivity contribution in [3.05, 3.63) is 29.6 Å². The summed E-state index contributed by atoms with van der Waals surface area (Å²) in [6.07, 6.45) is 0. The highest BCUT2D eigenvalue weighted by molar-refractivity contribution is 5.79. The number of aromatic nitrogens is 2. The van der Waals surface area contributed by atoms with E-state index < -0.39 is 0 Å². The van der Waals surface area contributed by atoms with Crippen LogP contribution in [0.15, 0.2) is 23.2 Å². The summed E-state index contributed by atoms with van der Waals surface area (Å²) >= 11 is 0. The molecule has 21 heavy (non-hydrogen) atoms. The molecule has 0 saturated carbocycles. The summed E-state index contributed by atoms with van der Waals surface area (Å²) in [6.45, 7) is 5.59. The van der Waals surface area contributed by atoms with Gasteiger partial charge >= 0.3 is 0 Å². The highest BCUT2D eigenvalue weighted by Crippen LogP contribution is 2.17. The summed E-state index contributed by atoms with van der Waals surface area (Å²) < 4.78 is 7.39. The van der Waals surface area contributed by atoms with E-state index in [4.69, 9.17) is 10.5 Å². The van der Waals surface area contributed by atoms with E-state index in [2.05, 4.69) is 44.6 Å². The molecule has 0 amide bonds. The van der Waals surface area contributed by atoms with Crippen LogP contribution in [0, 0.1) is 6.92 Å². The van der Waals surface area contributed by atoms with Gasteiger partial charge in [0, 0.05) is 20.1 Å². The number of guanidine groups is 1. The molecule has 0 unspecified atom stereocenters. The Bertz CT molecular complexity index is 670. The molecule has 0 spiro atoms. The van der Waals surface area contributed by atoms with Crippen LogP contribution in [0.4, 0.5) is 0 Å². The molecule has 0 radical (unpaired) electrons. The van der Waals surface area contributed by atoms with Crippen LogP contribution in [0.25, 0.3) is 11.0 Å². The van der Waals surface area contributed by atoms with E-state index in [1.165, 1.54) is 5.56 Å². The molecule has 6 nitrogen and oxygen atoms in total. The highest BCUT2D eigenvalue weighted by Gasteiger charge is 2.13. The zero-order valence-electron chi connectivity index (χ0n) is 12.5. The Morgan fingerprint density at radius 3 is 2.90 bits per heavy atom. The topological polar surface area (TPSA) is 68.7 Å². The first kappa shape index (κ1) is 13.9. The second-order valence-corrected chi connectivity index (χ2v) is 5.35. The molecule has 1 fully saturated rings. The molecule has 2 aromatic rings. The van der Waals surface area contributed by atoms with Gasteiger partial charge in [-0.05, 0) is 24.6 Å². The van der Waals surface area contributed by atoms with Crippen LogP contribution in [0.2, 0.25) is 0 Å². The highest BCUT2D eigenvalue weighted by atomic mass is 16.5. The van der Waals surface area contributed by atoms with E-state index in [0.29, 0.717) is 25.7 Å². The van der Waals surface area contributed by atoms with Gasteiger partial charge in [-0.15, -0.1) is 0 Å². The lowest BCUT2D eigenvalue weighted by Gasteiger charge is -2.27. The molecule has 2 heterocycles. The van der Waals surface area contributed by atoms with Crippen LogP contribution in [0.1, 0.15) is 11.4 Å². The first-order valence-corrected chi connectivity index (χ1v) is 7.20. The summed E-state index contributed by atoms with van der Waals surface area (Å²) in [4.78, 5) is 11.2. The largest absolute Gasteiger partial charge is 0.378 e. The molecule has 112 valence electrons. The maximum Gasteiger partial charge on any atom is 0.191 e. The SMILES string of the molecule is Cc1ccc2c(c1)nc(CN=C(N)N1CCOCC1)n2C. The third-order valence-corrected chi connectivity index (χ3v) is 3.85. The molecule has 0 atom stereocenters. The molecule has 3 rings (SSSR count). The first-order valence-electron chi connectivity index (χ1n) is 7.20. The van der Waals surface area contributed by atoms with E-state index in [9.17, 15) is 0 Å². The van der Waals surface area contributed by atoms with Gasteiger partial charge in [0.05, 0.1) is 24.2 Å². The Kier molecular flexibility index (Phi) is 3.79. The minimum absolute atomic E-state index is 0.493. The fraction of sp³-hybridized carbons (Fsp3) is 0.467. The molecule has 2 N–H and O–H groups in total. The van der Waals surface area contributed by atoms with Gasteiger partial charge in [0.2, 0.25) is 0 Å². The van der Waals surface area contributed by atoms with E-state index in [-0.39, 0.29) is 0 Å². The van der Waals surface area contributed by atoms with Gasteiger partial charge in [0.25, 0.3) is 0 Å². The molecule has 0 bridgehead atoms. The zero-order valence-corrected chi connectivity index (χ0v) is 12.5. The van der Waals surface area contributed by atoms with Crippen molar-refractivity contribution in [2.45, 2.75) is 13.5 Å². The summed E-state index contributed by atoms with van der Waals surface area (Å²) in [5.74, 6) is 1.49. The fourth-order valence-electron chi connectivity index (χ4n) is 2.55. The molecule has 1 aliphatic heterocycles. The Balaban J connectivity index is 1.79. The normalized spacial score (nSPS) is 16.7. The Hall–Kier alpha value is -2.08. The van der Waals surface area contributed by atoms with Crippen molar-refractivity contribution in [1.29, 1.82) is 0 Å². The molecular formula is C15H21N5O. The minimum atomic E-state index is 0.493. The van der Waals surface area contributed by atoms with Crippen LogP contribution in [-0.2, 0) is 18.3 Å². The number of aryl methyl sites for hydroxylation is 2. The van der Waals surface area contributed by atoms with E-state index >= 15 is 0 Å². The number of benzene rings is 1. The van der Waals surface area contributed by atoms with Crippen molar-refractivity contribution in [2.24, 2.45) is 17.8 Å². The number of nitrogens with zero attached hydrogens (tertiary/aromatic N) is 4. The quantitative estimate of drug-likeness (QED) is 0.661. The van der Waals surface area contributed by atoms with E-state index in [0.717, 1.165) is 29.9 Å². The number of aliphatic imine (C=N–C) groups is 1. The third-order valence-electron chi connectivity index (χ3n) is 3.85. The molecule has 6 heteroatoms. The second kappa shape index (κ2) is 5.73. The minimum Gasteiger partial charge on any atom is -0.378 e. The van der Waals surface area contributed by atoms with E-state index in [1.807, 2.05) is 7.05 Å². The van der Waals surface area contributed by atoms with Gasteiger partial charge < -0.3 is 19.9 Å². The van der Waals surface area contributed by atoms with Crippen LogP contribution in [0.5, 0.6) is 0 Å². The number of ether oxygens (including phenoxy) is 1. The number of hydrogen-bond acceptors (Lipinski definition) is 3. The summed E-state index contributed by atoms with van der Waals surface area (Å²) in [6, 6.07) is 6.28. The smallest absolute Gasteiger partial charge is 0.191 e. The number of rotatable bonds is 2. The Morgan fingerprint density at radius 1 is 1.38 bits per heavy atom. The average molecular weight is 287 g/mol. The average Bonchev–Trinajstić information content (AvgIpc) is 2.81. The summed E-state index contributed by atoms with van der Waals surface area (Å²) in [7, 11) is 2.01. The van der Waals surface area contributed by atoms with Crippen molar-refractivity contribution in [2.75, 3.05) is 26.3 Å². The Labute approximate surface area is 124 Å². The lowest BCUT2D eigenvalue weighted by atomic mass is 10.2. The fourth-order valence-corrected chi connectivity index (χ4v) is 2.55. The van der Waals surface area contributed by atoms with Gasteiger partial charge in [0.1, 0.15) is 12.4 Å². The third kappa shape index (κ3) is 2.85. The number of fused-ring (bicyclic) bond motifs is 1. The van der Waals surface area contributed by atoms with Crippen LogP contribution in [0.3, 0.4) is 0 Å². The standard InChI is InChI=1S/C15H21N5O/c1-11-3-4-13-12(9-11)18-14(19(13)2)10-17-15(16)20-5-7-21-8-6-20/h3-4,9H,5-8,10H2,1-2H3,(H2,16,17). The predicted octanol–water partition coefficient (Wildman–Crippen LogP) is 1.03. The van der Waals surface area contributed by atoms with Gasteiger partial charge in [-0.25, -0.2) is 9.98 Å². The van der Waals surface area contributed by atoms with Gasteiger partial charge in [-0.2, -0.15) is 0 Å². The first-order chi connectivity index (χ1) is 10.1. The van der Waals surface area contributed by atoms with E-state index in [1.54, 1.807) is 0 Å². The monoisotopic (exact) mass is 287 g/mol. The molecule has 1 aromatic heterocycles. The van der Waals surface area contributed by atoms with Crippen LogP contribution in [-0.4, -0.2) is 46.7 Å². The van der Waals surface area contributed by atoms with Crippen LogP contribution < -0.4 is 5.73 Å².